The van der Waals surface area contributed by atoms with E-state index >= 15 is 0 Å². The Morgan fingerprint density at radius 1 is 0.931 bits per heavy atom. The molecule has 0 saturated carbocycles. The average molecular weight is 425 g/mol. The SMILES string of the molecule is Cl.O=C(N[n+]1ccccc1)c1ccc(NCc2ccc(OC(F)(F)F)cc2)cc1. The highest BCUT2D eigenvalue weighted by atomic mass is 35.5. The van der Waals surface area contributed by atoms with Gasteiger partial charge in [0.25, 0.3) is 0 Å². The molecule has 3 aromatic rings. The predicted octanol–water partition coefficient (Wildman–Crippen LogP) is 4.29. The van der Waals surface area contributed by atoms with Crippen LogP contribution in [0.5, 0.6) is 5.75 Å². The standard InChI is InChI=1S/C20H16F3N3O2.ClH/c21-20(22,23)28-18-10-4-15(5-11-18)14-24-17-8-6-16(7-9-17)19(27)25-26-12-2-1-3-13-26;/h1-13H,14H2,(H-,24,25,27);1H/p+1. The van der Waals surface area contributed by atoms with E-state index in [9.17, 15) is 18.0 Å². The quantitative estimate of drug-likeness (QED) is 0.580. The molecule has 0 aliphatic rings. The maximum Gasteiger partial charge on any atom is 0.573 e. The summed E-state index contributed by atoms with van der Waals surface area (Å²) in [4.78, 5) is 12.2. The zero-order valence-electron chi connectivity index (χ0n) is 15.0. The average Bonchev–Trinajstić information content (AvgIpc) is 2.67. The van der Waals surface area contributed by atoms with Gasteiger partial charge in [0.15, 0.2) is 12.4 Å². The topological polar surface area (TPSA) is 54.2 Å². The fraction of sp³-hybridized carbons (Fsp3) is 0.100. The van der Waals surface area contributed by atoms with Gasteiger partial charge in [0.1, 0.15) is 5.75 Å². The molecule has 0 saturated heterocycles. The van der Waals surface area contributed by atoms with Gasteiger partial charge in [-0.15, -0.1) is 31.0 Å². The Balaban J connectivity index is 0.00000300. The van der Waals surface area contributed by atoms with Crippen molar-refractivity contribution in [2.45, 2.75) is 12.9 Å². The molecule has 0 fully saturated rings. The second-order valence-corrected chi connectivity index (χ2v) is 5.85. The molecule has 9 heteroatoms. The van der Waals surface area contributed by atoms with Crippen LogP contribution in [0.4, 0.5) is 18.9 Å². The van der Waals surface area contributed by atoms with Crippen molar-refractivity contribution in [3.63, 3.8) is 0 Å². The second kappa shape index (κ2) is 9.79. The number of anilines is 1. The monoisotopic (exact) mass is 424 g/mol. The van der Waals surface area contributed by atoms with Gasteiger partial charge in [0, 0.05) is 29.9 Å². The number of nitrogens with zero attached hydrogens (tertiary/aromatic N) is 1. The Labute approximate surface area is 171 Å². The highest BCUT2D eigenvalue weighted by Crippen LogP contribution is 2.23. The summed E-state index contributed by atoms with van der Waals surface area (Å²) >= 11 is 0. The lowest BCUT2D eigenvalue weighted by Gasteiger charge is -2.10. The lowest BCUT2D eigenvalue weighted by molar-refractivity contribution is -0.641. The van der Waals surface area contributed by atoms with Crippen molar-refractivity contribution < 1.29 is 27.4 Å². The highest BCUT2D eigenvalue weighted by Gasteiger charge is 2.30. The highest BCUT2D eigenvalue weighted by molar-refractivity contribution is 5.99. The Bertz CT molecular complexity index is 918. The molecule has 0 bridgehead atoms. The molecule has 5 nitrogen and oxygen atoms in total. The Morgan fingerprint density at radius 2 is 1.55 bits per heavy atom. The summed E-state index contributed by atoms with van der Waals surface area (Å²) in [5, 5.41) is 3.14. The number of aromatic nitrogens is 1. The van der Waals surface area contributed by atoms with Crippen LogP contribution in [0.2, 0.25) is 0 Å². The third-order valence-electron chi connectivity index (χ3n) is 3.75. The predicted molar refractivity (Wildman–Crippen MR) is 104 cm³/mol. The van der Waals surface area contributed by atoms with E-state index in [1.165, 1.54) is 12.1 Å². The number of amides is 1. The molecule has 29 heavy (non-hydrogen) atoms. The summed E-state index contributed by atoms with van der Waals surface area (Å²) < 4.78 is 41.9. The Morgan fingerprint density at radius 3 is 2.14 bits per heavy atom. The van der Waals surface area contributed by atoms with Gasteiger partial charge in [0.05, 0.1) is 0 Å². The van der Waals surface area contributed by atoms with Crippen LogP contribution in [0.15, 0.2) is 79.1 Å². The van der Waals surface area contributed by atoms with E-state index in [4.69, 9.17) is 0 Å². The smallest absolute Gasteiger partial charge is 0.406 e. The fourth-order valence-corrected chi connectivity index (χ4v) is 2.41. The molecule has 0 radical (unpaired) electrons. The van der Waals surface area contributed by atoms with Gasteiger partial charge in [-0.1, -0.05) is 22.9 Å². The van der Waals surface area contributed by atoms with E-state index in [1.54, 1.807) is 65.6 Å². The van der Waals surface area contributed by atoms with Crippen molar-refractivity contribution in [1.82, 2.24) is 0 Å². The molecule has 0 spiro atoms. The molecule has 0 aliphatic carbocycles. The first-order valence-electron chi connectivity index (χ1n) is 8.35. The summed E-state index contributed by atoms with van der Waals surface area (Å²) in [6.45, 7) is 0.414. The first-order chi connectivity index (χ1) is 13.4. The van der Waals surface area contributed by atoms with Crippen LogP contribution in [0.3, 0.4) is 0 Å². The lowest BCUT2D eigenvalue weighted by atomic mass is 10.2. The largest absolute Gasteiger partial charge is 0.573 e. The second-order valence-electron chi connectivity index (χ2n) is 5.85. The third-order valence-corrected chi connectivity index (χ3v) is 3.75. The number of alkyl halides is 3. The summed E-state index contributed by atoms with van der Waals surface area (Å²) in [7, 11) is 0. The number of benzene rings is 2. The lowest BCUT2D eigenvalue weighted by Crippen LogP contribution is -2.47. The molecule has 3 rings (SSSR count). The molecule has 2 aromatic carbocycles. The maximum absolute atomic E-state index is 12.2. The minimum atomic E-state index is -4.70. The molecule has 1 amide bonds. The summed E-state index contributed by atoms with van der Waals surface area (Å²) in [6.07, 6.45) is -1.26. The number of rotatable bonds is 6. The zero-order chi connectivity index (χ0) is 20.0. The normalized spacial score (nSPS) is 10.6. The molecular weight excluding hydrogens is 407 g/mol. The van der Waals surface area contributed by atoms with Crippen molar-refractivity contribution in [3.8, 4) is 5.75 Å². The number of ether oxygens (including phenoxy) is 1. The molecular formula is C20H18ClF3N3O2+. The van der Waals surface area contributed by atoms with Gasteiger partial charge < -0.3 is 10.1 Å². The Kier molecular flexibility index (Phi) is 7.44. The van der Waals surface area contributed by atoms with E-state index < -0.39 is 6.36 Å². The minimum Gasteiger partial charge on any atom is -0.406 e. The van der Waals surface area contributed by atoms with E-state index in [2.05, 4.69) is 15.5 Å². The zero-order valence-corrected chi connectivity index (χ0v) is 15.8. The van der Waals surface area contributed by atoms with Gasteiger partial charge in [0.2, 0.25) is 0 Å². The van der Waals surface area contributed by atoms with Crippen LogP contribution in [-0.2, 0) is 6.54 Å². The number of hydrogen-bond acceptors (Lipinski definition) is 3. The van der Waals surface area contributed by atoms with E-state index in [0.29, 0.717) is 12.1 Å². The molecule has 152 valence electrons. The van der Waals surface area contributed by atoms with Crippen LogP contribution in [-0.4, -0.2) is 12.3 Å². The van der Waals surface area contributed by atoms with Crippen molar-refractivity contribution in [2.24, 2.45) is 0 Å². The number of carbonyl (C=O) groups is 1. The first-order valence-corrected chi connectivity index (χ1v) is 8.35. The molecule has 0 unspecified atom stereocenters. The van der Waals surface area contributed by atoms with Crippen LogP contribution < -0.4 is 20.2 Å². The van der Waals surface area contributed by atoms with Crippen molar-refractivity contribution >= 4 is 24.0 Å². The van der Waals surface area contributed by atoms with Gasteiger partial charge in [-0.2, -0.15) is 0 Å². The Hall–Kier alpha value is -3.26. The van der Waals surface area contributed by atoms with Crippen molar-refractivity contribution in [2.75, 3.05) is 10.7 Å². The first kappa shape index (κ1) is 22.0. The van der Waals surface area contributed by atoms with E-state index in [1.807, 2.05) is 6.07 Å². The summed E-state index contributed by atoms with van der Waals surface area (Å²) in [5.41, 5.74) is 4.78. The number of hydrogen-bond donors (Lipinski definition) is 2. The van der Waals surface area contributed by atoms with Crippen LogP contribution in [0.25, 0.3) is 0 Å². The third kappa shape index (κ3) is 7.00. The number of carbonyl (C=O) groups excluding carboxylic acids is 1. The fourth-order valence-electron chi connectivity index (χ4n) is 2.41. The van der Waals surface area contributed by atoms with Crippen LogP contribution >= 0.6 is 12.4 Å². The number of pyridine rings is 1. The van der Waals surface area contributed by atoms with Gasteiger partial charge in [-0.25, -0.2) is 0 Å². The molecule has 2 N–H and O–H groups in total. The maximum atomic E-state index is 12.2. The molecule has 1 heterocycles. The number of nitrogens with one attached hydrogen (secondary N) is 2. The molecule has 1 aromatic heterocycles. The summed E-state index contributed by atoms with van der Waals surface area (Å²) in [5.74, 6) is -0.508. The van der Waals surface area contributed by atoms with E-state index in [-0.39, 0.29) is 24.1 Å². The van der Waals surface area contributed by atoms with Crippen molar-refractivity contribution in [1.29, 1.82) is 0 Å². The van der Waals surface area contributed by atoms with Gasteiger partial charge >= 0.3 is 12.3 Å². The van der Waals surface area contributed by atoms with Crippen LogP contribution in [0.1, 0.15) is 15.9 Å². The molecule has 0 atom stereocenters. The van der Waals surface area contributed by atoms with E-state index in [0.717, 1.165) is 11.3 Å². The summed E-state index contributed by atoms with van der Waals surface area (Å²) in [6, 6.07) is 17.9. The van der Waals surface area contributed by atoms with Crippen molar-refractivity contribution in [3.05, 3.63) is 90.3 Å². The van der Waals surface area contributed by atoms with Crippen LogP contribution in [0, 0.1) is 0 Å². The van der Waals surface area contributed by atoms with Gasteiger partial charge in [-0.05, 0) is 42.0 Å². The minimum absolute atomic E-state index is 0. The number of halogens is 4. The molecule has 0 aliphatic heterocycles. The van der Waals surface area contributed by atoms with Gasteiger partial charge in [-0.3, -0.25) is 4.79 Å².